The molecule has 0 bridgehead atoms. The predicted octanol–water partition coefficient (Wildman–Crippen LogP) is 0.908. The van der Waals surface area contributed by atoms with Crippen LogP contribution in [0.1, 0.15) is 30.6 Å². The van der Waals surface area contributed by atoms with Gasteiger partial charge in [-0.3, -0.25) is 10.00 Å². The average Bonchev–Trinajstić information content (AvgIpc) is 2.87. The molecule has 2 N–H and O–H groups in total. The van der Waals surface area contributed by atoms with Gasteiger partial charge in [0.15, 0.2) is 5.82 Å². The summed E-state index contributed by atoms with van der Waals surface area (Å²) in [5.74, 6) is 2.48. The number of aromatic nitrogens is 3. The van der Waals surface area contributed by atoms with Crippen molar-refractivity contribution in [2.24, 2.45) is 5.92 Å². The molecule has 0 aromatic carbocycles. The molecule has 1 atom stereocenters. The molecule has 2 fully saturated rings. The van der Waals surface area contributed by atoms with Gasteiger partial charge in [0.25, 0.3) is 0 Å². The lowest BCUT2D eigenvalue weighted by molar-refractivity contribution is -0.0396. The molecular weight excluding hydrogens is 278 g/mol. The molecule has 1 aromatic heterocycles. The van der Waals surface area contributed by atoms with Crippen molar-refractivity contribution in [3.05, 3.63) is 11.6 Å². The molecule has 2 aliphatic rings. The zero-order valence-electron chi connectivity index (χ0n) is 12.0. The van der Waals surface area contributed by atoms with Crippen LogP contribution in [0.15, 0.2) is 0 Å². The Morgan fingerprint density at radius 2 is 2.15 bits per heavy atom. The fourth-order valence-electron chi connectivity index (χ4n) is 2.96. The first kappa shape index (κ1) is 15.7. The molecule has 1 unspecified atom stereocenters. The third-order valence-electron chi connectivity index (χ3n) is 4.03. The summed E-state index contributed by atoms with van der Waals surface area (Å²) in [7, 11) is 0. The van der Waals surface area contributed by atoms with E-state index in [9.17, 15) is 0 Å². The van der Waals surface area contributed by atoms with Crippen molar-refractivity contribution < 1.29 is 4.74 Å². The van der Waals surface area contributed by atoms with Gasteiger partial charge in [-0.2, -0.15) is 5.10 Å². The summed E-state index contributed by atoms with van der Waals surface area (Å²) < 4.78 is 5.80. The summed E-state index contributed by atoms with van der Waals surface area (Å²) >= 11 is 0. The van der Waals surface area contributed by atoms with E-state index < -0.39 is 0 Å². The van der Waals surface area contributed by atoms with Crippen molar-refractivity contribution in [1.29, 1.82) is 0 Å². The fraction of sp³-hybridized carbons (Fsp3) is 0.846. The highest BCUT2D eigenvalue weighted by molar-refractivity contribution is 5.85. The normalized spacial score (nSPS) is 25.4. The van der Waals surface area contributed by atoms with Crippen LogP contribution in [-0.2, 0) is 4.74 Å². The van der Waals surface area contributed by atoms with E-state index in [0.717, 1.165) is 37.3 Å². The van der Waals surface area contributed by atoms with Crippen molar-refractivity contribution in [1.82, 2.24) is 25.4 Å². The first-order valence-corrected chi connectivity index (χ1v) is 7.25. The van der Waals surface area contributed by atoms with Gasteiger partial charge in [0.2, 0.25) is 0 Å². The van der Waals surface area contributed by atoms with Gasteiger partial charge in [-0.05, 0) is 38.8 Å². The Labute approximate surface area is 126 Å². The van der Waals surface area contributed by atoms with E-state index >= 15 is 0 Å². The molecule has 0 radical (unpaired) electrons. The Morgan fingerprint density at radius 3 is 2.85 bits per heavy atom. The lowest BCUT2D eigenvalue weighted by Gasteiger charge is -2.35. The molecule has 0 spiro atoms. The van der Waals surface area contributed by atoms with Gasteiger partial charge in [-0.1, -0.05) is 0 Å². The van der Waals surface area contributed by atoms with Crippen LogP contribution in [0.5, 0.6) is 0 Å². The molecule has 3 rings (SSSR count). The summed E-state index contributed by atoms with van der Waals surface area (Å²) in [6, 6.07) is 0. The van der Waals surface area contributed by atoms with Gasteiger partial charge in [-0.25, -0.2) is 4.98 Å². The Hall–Kier alpha value is -0.690. The molecular formula is C13H24ClN5O. The first-order chi connectivity index (χ1) is 9.31. The number of rotatable bonds is 3. The standard InChI is InChI=1S/C13H23N5O.ClH/c1-10-15-13(17-16-10)12-9-18(6-7-19-12)8-11-2-4-14-5-3-11;/h11-12,14H,2-9H2,1H3,(H,15,16,17);1H. The van der Waals surface area contributed by atoms with E-state index in [4.69, 9.17) is 4.74 Å². The van der Waals surface area contributed by atoms with Crippen molar-refractivity contribution in [3.63, 3.8) is 0 Å². The number of halogens is 1. The number of hydrogen-bond donors (Lipinski definition) is 2. The first-order valence-electron chi connectivity index (χ1n) is 7.25. The molecule has 1 aromatic rings. The van der Waals surface area contributed by atoms with E-state index in [1.165, 1.54) is 32.5 Å². The van der Waals surface area contributed by atoms with Crippen LogP contribution in [0.3, 0.4) is 0 Å². The lowest BCUT2D eigenvalue weighted by Crippen LogP contribution is -2.43. The summed E-state index contributed by atoms with van der Waals surface area (Å²) in [6.07, 6.45) is 2.62. The Morgan fingerprint density at radius 1 is 1.35 bits per heavy atom. The van der Waals surface area contributed by atoms with Crippen LogP contribution in [0, 0.1) is 12.8 Å². The number of H-pyrrole nitrogens is 1. The number of aromatic amines is 1. The third-order valence-corrected chi connectivity index (χ3v) is 4.03. The monoisotopic (exact) mass is 301 g/mol. The number of ether oxygens (including phenoxy) is 1. The minimum absolute atomic E-state index is 0. The van der Waals surface area contributed by atoms with E-state index in [1.54, 1.807) is 0 Å². The van der Waals surface area contributed by atoms with Gasteiger partial charge in [0.05, 0.1) is 6.61 Å². The molecule has 0 saturated carbocycles. The molecule has 114 valence electrons. The van der Waals surface area contributed by atoms with Crippen molar-refractivity contribution >= 4 is 12.4 Å². The Bertz CT molecular complexity index is 407. The predicted molar refractivity (Wildman–Crippen MR) is 79.1 cm³/mol. The number of nitrogens with zero attached hydrogens (tertiary/aromatic N) is 3. The fourth-order valence-corrected chi connectivity index (χ4v) is 2.96. The maximum Gasteiger partial charge on any atom is 0.180 e. The van der Waals surface area contributed by atoms with Gasteiger partial charge < -0.3 is 10.1 Å². The van der Waals surface area contributed by atoms with E-state index in [-0.39, 0.29) is 18.5 Å². The number of hydrogen-bond acceptors (Lipinski definition) is 5. The van der Waals surface area contributed by atoms with Crippen LogP contribution in [0.2, 0.25) is 0 Å². The van der Waals surface area contributed by atoms with Crippen molar-refractivity contribution in [2.45, 2.75) is 25.9 Å². The number of morpholine rings is 1. The van der Waals surface area contributed by atoms with Crippen molar-refractivity contribution in [3.8, 4) is 0 Å². The maximum absolute atomic E-state index is 5.80. The number of aryl methyl sites for hydroxylation is 1. The van der Waals surface area contributed by atoms with E-state index in [0.29, 0.717) is 0 Å². The summed E-state index contributed by atoms with van der Waals surface area (Å²) in [5, 5.41) is 10.5. The summed E-state index contributed by atoms with van der Waals surface area (Å²) in [4.78, 5) is 6.90. The van der Waals surface area contributed by atoms with Crippen LogP contribution >= 0.6 is 12.4 Å². The van der Waals surface area contributed by atoms with Gasteiger partial charge in [-0.15, -0.1) is 12.4 Å². The quantitative estimate of drug-likeness (QED) is 0.869. The van der Waals surface area contributed by atoms with Crippen LogP contribution in [0.4, 0.5) is 0 Å². The Balaban J connectivity index is 0.00000147. The van der Waals surface area contributed by atoms with Crippen LogP contribution < -0.4 is 5.32 Å². The van der Waals surface area contributed by atoms with E-state index in [1.807, 2.05) is 6.92 Å². The lowest BCUT2D eigenvalue weighted by atomic mass is 9.97. The highest BCUT2D eigenvalue weighted by Gasteiger charge is 2.27. The maximum atomic E-state index is 5.80. The SMILES string of the molecule is Cc1nc(C2CN(CC3CCNCC3)CCO2)n[nH]1.Cl. The smallest absolute Gasteiger partial charge is 0.180 e. The molecule has 2 aliphatic heterocycles. The van der Waals surface area contributed by atoms with Gasteiger partial charge >= 0.3 is 0 Å². The molecule has 6 nitrogen and oxygen atoms in total. The second-order valence-electron chi connectivity index (χ2n) is 5.59. The van der Waals surface area contributed by atoms with Crippen molar-refractivity contribution in [2.75, 3.05) is 39.3 Å². The highest BCUT2D eigenvalue weighted by atomic mass is 35.5. The zero-order chi connectivity index (χ0) is 13.1. The average molecular weight is 302 g/mol. The Kier molecular flexibility index (Phi) is 5.77. The zero-order valence-corrected chi connectivity index (χ0v) is 12.8. The number of piperidine rings is 1. The van der Waals surface area contributed by atoms with Gasteiger partial charge in [0.1, 0.15) is 11.9 Å². The van der Waals surface area contributed by atoms with Gasteiger partial charge in [0, 0.05) is 19.6 Å². The minimum atomic E-state index is 0. The summed E-state index contributed by atoms with van der Waals surface area (Å²) in [6.45, 7) is 8.17. The third kappa shape index (κ3) is 3.91. The van der Waals surface area contributed by atoms with Crippen LogP contribution in [0.25, 0.3) is 0 Å². The van der Waals surface area contributed by atoms with E-state index in [2.05, 4.69) is 25.4 Å². The molecule has 2 saturated heterocycles. The molecule has 7 heteroatoms. The second-order valence-corrected chi connectivity index (χ2v) is 5.59. The second kappa shape index (κ2) is 7.36. The summed E-state index contributed by atoms with van der Waals surface area (Å²) in [5.41, 5.74) is 0. The highest BCUT2D eigenvalue weighted by Crippen LogP contribution is 2.21. The molecule has 0 amide bonds. The molecule has 0 aliphatic carbocycles. The topological polar surface area (TPSA) is 66.1 Å². The molecule has 3 heterocycles. The number of nitrogens with one attached hydrogen (secondary N) is 2. The minimum Gasteiger partial charge on any atom is -0.367 e. The van der Waals surface area contributed by atoms with Crippen LogP contribution in [-0.4, -0.2) is 59.4 Å². The largest absolute Gasteiger partial charge is 0.367 e. The molecule has 20 heavy (non-hydrogen) atoms.